The molecule has 0 spiro atoms. The van der Waals surface area contributed by atoms with Gasteiger partial charge >= 0.3 is 0 Å². The zero-order valence-corrected chi connectivity index (χ0v) is 13.1. The molecule has 2 saturated carbocycles. The van der Waals surface area contributed by atoms with Gasteiger partial charge in [-0.05, 0) is 65.1 Å². The highest BCUT2D eigenvalue weighted by atomic mass is 79.9. The van der Waals surface area contributed by atoms with Gasteiger partial charge in [-0.25, -0.2) is 0 Å². The quantitative estimate of drug-likeness (QED) is 0.852. The fourth-order valence-electron chi connectivity index (χ4n) is 4.36. The van der Waals surface area contributed by atoms with Gasteiger partial charge in [-0.15, -0.1) is 11.3 Å². The lowest BCUT2D eigenvalue weighted by Crippen LogP contribution is -2.43. The third kappa shape index (κ3) is 1.61. The van der Waals surface area contributed by atoms with Crippen LogP contribution in [0.2, 0.25) is 0 Å². The van der Waals surface area contributed by atoms with E-state index in [0.717, 1.165) is 33.6 Å². The van der Waals surface area contributed by atoms with Crippen molar-refractivity contribution < 1.29 is 9.90 Å². The molecular formula is C14H16BrNO2S. The van der Waals surface area contributed by atoms with E-state index in [2.05, 4.69) is 15.9 Å². The number of carbonyl (C=O) groups is 1. The lowest BCUT2D eigenvalue weighted by molar-refractivity contribution is 0.0405. The van der Waals surface area contributed by atoms with E-state index in [1.54, 1.807) is 0 Å². The van der Waals surface area contributed by atoms with Crippen molar-refractivity contribution in [2.24, 2.45) is 17.8 Å². The van der Waals surface area contributed by atoms with E-state index in [1.165, 1.54) is 11.3 Å². The van der Waals surface area contributed by atoms with Crippen LogP contribution in [0.3, 0.4) is 0 Å². The van der Waals surface area contributed by atoms with E-state index < -0.39 is 0 Å². The average molecular weight is 342 g/mol. The summed E-state index contributed by atoms with van der Waals surface area (Å²) in [5.41, 5.74) is 1.11. The number of hydrogen-bond acceptors (Lipinski definition) is 3. The molecule has 102 valence electrons. The van der Waals surface area contributed by atoms with Crippen molar-refractivity contribution in [2.75, 3.05) is 6.54 Å². The van der Waals surface area contributed by atoms with E-state index in [4.69, 9.17) is 0 Å². The summed E-state index contributed by atoms with van der Waals surface area (Å²) in [4.78, 5) is 15.4. The molecule has 5 unspecified atom stereocenters. The summed E-state index contributed by atoms with van der Waals surface area (Å²) in [5.74, 6) is 1.73. The van der Waals surface area contributed by atoms with Gasteiger partial charge in [-0.3, -0.25) is 4.79 Å². The first kappa shape index (κ1) is 12.4. The number of halogens is 1. The molecule has 2 bridgehead atoms. The van der Waals surface area contributed by atoms with Crippen LogP contribution in [-0.4, -0.2) is 34.6 Å². The van der Waals surface area contributed by atoms with Gasteiger partial charge in [0.1, 0.15) is 0 Å². The molecule has 1 aliphatic heterocycles. The molecule has 1 aromatic rings. The summed E-state index contributed by atoms with van der Waals surface area (Å²) in [5, 5.41) is 10.3. The second kappa shape index (κ2) is 4.06. The van der Waals surface area contributed by atoms with Crippen molar-refractivity contribution in [1.29, 1.82) is 0 Å². The van der Waals surface area contributed by atoms with Crippen LogP contribution in [0.25, 0.3) is 0 Å². The van der Waals surface area contributed by atoms with E-state index >= 15 is 0 Å². The van der Waals surface area contributed by atoms with Crippen molar-refractivity contribution in [3.8, 4) is 0 Å². The zero-order chi connectivity index (χ0) is 13.3. The molecule has 1 saturated heterocycles. The number of fused-ring (bicyclic) bond motifs is 1. The molecule has 4 rings (SSSR count). The second-order valence-electron chi connectivity index (χ2n) is 6.16. The summed E-state index contributed by atoms with van der Waals surface area (Å²) in [7, 11) is 0. The number of rotatable bonds is 1. The van der Waals surface area contributed by atoms with Crippen molar-refractivity contribution >= 4 is 33.2 Å². The summed E-state index contributed by atoms with van der Waals surface area (Å²) in [6, 6.07) is 2.04. The SMILES string of the molecule is Cc1cc(C(=O)N2CC3CC4CC3C2C4O)sc1Br. The molecule has 0 aromatic carbocycles. The van der Waals surface area contributed by atoms with E-state index in [1.807, 2.05) is 17.9 Å². The monoisotopic (exact) mass is 341 g/mol. The normalized spacial score (nSPS) is 39.3. The van der Waals surface area contributed by atoms with Crippen molar-refractivity contribution in [1.82, 2.24) is 4.90 Å². The summed E-state index contributed by atoms with van der Waals surface area (Å²) in [6.07, 6.45) is 1.93. The predicted molar refractivity (Wildman–Crippen MR) is 77.3 cm³/mol. The van der Waals surface area contributed by atoms with Gasteiger partial charge in [0, 0.05) is 6.54 Å². The Morgan fingerprint density at radius 1 is 1.47 bits per heavy atom. The number of hydrogen-bond donors (Lipinski definition) is 1. The number of aliphatic hydroxyl groups is 1. The third-order valence-electron chi connectivity index (χ3n) is 5.18. The number of thiophene rings is 1. The van der Waals surface area contributed by atoms with Crippen molar-refractivity contribution in [3.05, 3.63) is 20.3 Å². The predicted octanol–water partition coefficient (Wildman–Crippen LogP) is 2.66. The maximum Gasteiger partial charge on any atom is 0.264 e. The van der Waals surface area contributed by atoms with Crippen molar-refractivity contribution in [3.63, 3.8) is 0 Å². The molecule has 1 amide bonds. The Morgan fingerprint density at radius 3 is 2.89 bits per heavy atom. The molecule has 19 heavy (non-hydrogen) atoms. The molecule has 1 aromatic heterocycles. The highest BCUT2D eigenvalue weighted by Crippen LogP contribution is 2.55. The Kier molecular flexibility index (Phi) is 2.64. The van der Waals surface area contributed by atoms with Crippen molar-refractivity contribution in [2.45, 2.75) is 31.9 Å². The van der Waals surface area contributed by atoms with E-state index in [9.17, 15) is 9.90 Å². The number of amides is 1. The first-order valence-electron chi connectivity index (χ1n) is 6.81. The van der Waals surface area contributed by atoms with Crippen LogP contribution < -0.4 is 0 Å². The molecule has 0 radical (unpaired) electrons. The smallest absolute Gasteiger partial charge is 0.264 e. The Bertz CT molecular complexity index is 536. The van der Waals surface area contributed by atoms with Crippen LogP contribution in [0, 0.1) is 24.7 Å². The fourth-order valence-corrected chi connectivity index (χ4v) is 5.85. The highest BCUT2D eigenvalue weighted by molar-refractivity contribution is 9.11. The molecule has 3 nitrogen and oxygen atoms in total. The first-order valence-corrected chi connectivity index (χ1v) is 8.42. The molecule has 3 fully saturated rings. The van der Waals surface area contributed by atoms with Crippen LogP contribution in [0.15, 0.2) is 9.85 Å². The number of aryl methyl sites for hydroxylation is 1. The van der Waals surface area contributed by atoms with Gasteiger partial charge < -0.3 is 10.0 Å². The number of aliphatic hydroxyl groups excluding tert-OH is 1. The summed E-state index contributed by atoms with van der Waals surface area (Å²) >= 11 is 4.98. The molecule has 5 heteroatoms. The van der Waals surface area contributed by atoms with Gasteiger partial charge in [-0.1, -0.05) is 0 Å². The second-order valence-corrected chi connectivity index (χ2v) is 8.53. The lowest BCUT2D eigenvalue weighted by atomic mass is 9.88. The van der Waals surface area contributed by atoms with Gasteiger partial charge in [0.2, 0.25) is 0 Å². The maximum atomic E-state index is 12.7. The lowest BCUT2D eigenvalue weighted by Gasteiger charge is -2.28. The van der Waals surface area contributed by atoms with Gasteiger partial charge in [-0.2, -0.15) is 0 Å². The maximum absolute atomic E-state index is 12.7. The third-order valence-corrected chi connectivity index (χ3v) is 7.30. The molecule has 5 atom stereocenters. The minimum Gasteiger partial charge on any atom is -0.391 e. The number of carbonyl (C=O) groups excluding carboxylic acids is 1. The van der Waals surface area contributed by atoms with Crippen LogP contribution >= 0.6 is 27.3 Å². The van der Waals surface area contributed by atoms with Crippen LogP contribution in [0.5, 0.6) is 0 Å². The minimum atomic E-state index is -0.294. The van der Waals surface area contributed by atoms with E-state index in [0.29, 0.717) is 17.8 Å². The number of likely N-dealkylation sites (tertiary alicyclic amines) is 1. The summed E-state index contributed by atoms with van der Waals surface area (Å²) in [6.45, 7) is 2.85. The summed E-state index contributed by atoms with van der Waals surface area (Å²) < 4.78 is 1.03. The Morgan fingerprint density at radius 2 is 2.26 bits per heavy atom. The van der Waals surface area contributed by atoms with Gasteiger partial charge in [0.25, 0.3) is 5.91 Å². The Balaban J connectivity index is 1.65. The topological polar surface area (TPSA) is 40.5 Å². The molecule has 2 heterocycles. The van der Waals surface area contributed by atoms with Gasteiger partial charge in [0.15, 0.2) is 0 Å². The van der Waals surface area contributed by atoms with Crippen LogP contribution in [0.1, 0.15) is 28.1 Å². The Labute approximate surface area is 124 Å². The minimum absolute atomic E-state index is 0.0810. The fraction of sp³-hybridized carbons (Fsp3) is 0.643. The Hall–Kier alpha value is -0.390. The van der Waals surface area contributed by atoms with Gasteiger partial charge in [0.05, 0.1) is 20.8 Å². The molecule has 3 aliphatic rings. The van der Waals surface area contributed by atoms with Crippen LogP contribution in [0.4, 0.5) is 0 Å². The highest BCUT2D eigenvalue weighted by Gasteiger charge is 2.60. The molecule has 1 N–H and O–H groups in total. The van der Waals surface area contributed by atoms with E-state index in [-0.39, 0.29) is 18.1 Å². The number of nitrogens with zero attached hydrogens (tertiary/aromatic N) is 1. The van der Waals surface area contributed by atoms with Crippen LogP contribution in [-0.2, 0) is 0 Å². The standard InChI is InChI=1S/C14H16BrNO2S/c1-6-2-10(19-13(6)15)14(18)16-5-8-3-7-4-9(8)11(16)12(7)17/h2,7-9,11-12,17H,3-5H2,1H3. The zero-order valence-electron chi connectivity index (χ0n) is 10.7. The molecular weight excluding hydrogens is 326 g/mol. The molecule has 2 aliphatic carbocycles. The first-order chi connectivity index (χ1) is 9.06. The average Bonchev–Trinajstić information content (AvgIpc) is 3.04. The largest absolute Gasteiger partial charge is 0.391 e.